The number of rotatable bonds is 0. The number of aliphatic imine (C=N–C) groups is 2. The van der Waals surface area contributed by atoms with Crippen LogP contribution in [0.15, 0.2) is 58.5 Å². The van der Waals surface area contributed by atoms with Crippen molar-refractivity contribution in [3.8, 4) is 0 Å². The van der Waals surface area contributed by atoms with Crippen LogP contribution >= 0.6 is 0 Å². The Morgan fingerprint density at radius 3 is 1.29 bits per heavy atom. The van der Waals surface area contributed by atoms with Gasteiger partial charge in [-0.2, -0.15) is 0 Å². The molecule has 10 aliphatic rings. The van der Waals surface area contributed by atoms with Crippen LogP contribution in [-0.4, -0.2) is 11.4 Å². The predicted molar refractivity (Wildman–Crippen MR) is 138 cm³/mol. The molecule has 2 heteroatoms. The lowest BCUT2D eigenvalue weighted by atomic mass is 9.47. The first-order chi connectivity index (χ1) is 16.7. The second-order valence-electron chi connectivity index (χ2n) is 13.3. The molecule has 8 fully saturated rings. The van der Waals surface area contributed by atoms with Crippen LogP contribution in [0.4, 0.5) is 11.4 Å². The topological polar surface area (TPSA) is 24.7 Å². The third kappa shape index (κ3) is 2.29. The van der Waals surface area contributed by atoms with E-state index in [1.807, 2.05) is 0 Å². The summed E-state index contributed by atoms with van der Waals surface area (Å²) in [7, 11) is 0. The third-order valence-electron chi connectivity index (χ3n) is 11.4. The minimum atomic E-state index is 0.394. The standard InChI is InChI=1S/2C16H17N/c2*1-2-4-14-13(3-1)16-8-10-5-11(9-16)7-12(6-10)15(16)17-14/h2*1-4,10-12H,5-9H2/t2*10-,11+,12?,16?. The maximum Gasteiger partial charge on any atom is 0.0671 e. The van der Waals surface area contributed by atoms with Gasteiger partial charge < -0.3 is 0 Å². The smallest absolute Gasteiger partial charge is 0.0671 e. The van der Waals surface area contributed by atoms with Crippen molar-refractivity contribution in [2.45, 2.75) is 75.0 Å². The van der Waals surface area contributed by atoms with Crippen LogP contribution in [0.3, 0.4) is 0 Å². The first kappa shape index (κ1) is 19.0. The molecule has 2 spiro atoms. The number of benzene rings is 2. The molecule has 12 rings (SSSR count). The molecule has 34 heavy (non-hydrogen) atoms. The highest BCUT2D eigenvalue weighted by Crippen LogP contribution is 2.64. The van der Waals surface area contributed by atoms with E-state index in [0.717, 1.165) is 35.5 Å². The fraction of sp³-hybridized carbons (Fsp3) is 0.562. The number of hydrogen-bond acceptors (Lipinski definition) is 2. The molecule has 8 atom stereocenters. The van der Waals surface area contributed by atoms with Gasteiger partial charge in [0.1, 0.15) is 0 Å². The van der Waals surface area contributed by atoms with Crippen molar-refractivity contribution < 1.29 is 0 Å². The summed E-state index contributed by atoms with van der Waals surface area (Å²) in [5, 5.41) is 0. The van der Waals surface area contributed by atoms with E-state index in [1.54, 1.807) is 22.6 Å². The Hall–Kier alpha value is -2.22. The van der Waals surface area contributed by atoms with Crippen molar-refractivity contribution in [1.82, 2.24) is 0 Å². The summed E-state index contributed by atoms with van der Waals surface area (Å²) in [6.07, 6.45) is 14.4. The van der Waals surface area contributed by atoms with Crippen molar-refractivity contribution in [2.75, 3.05) is 0 Å². The quantitative estimate of drug-likeness (QED) is 0.396. The van der Waals surface area contributed by atoms with Crippen LogP contribution < -0.4 is 0 Å². The highest BCUT2D eigenvalue weighted by molar-refractivity contribution is 6.05. The zero-order chi connectivity index (χ0) is 22.1. The van der Waals surface area contributed by atoms with E-state index in [0.29, 0.717) is 10.8 Å². The predicted octanol–water partition coefficient (Wildman–Crippen LogP) is 7.70. The molecule has 2 aliphatic heterocycles. The minimum Gasteiger partial charge on any atom is -0.256 e. The van der Waals surface area contributed by atoms with E-state index >= 15 is 0 Å². The highest BCUT2D eigenvalue weighted by Gasteiger charge is 2.59. The summed E-state index contributed by atoms with van der Waals surface area (Å²) >= 11 is 0. The van der Waals surface area contributed by atoms with Crippen LogP contribution in [0.2, 0.25) is 0 Å². The molecule has 172 valence electrons. The molecule has 0 radical (unpaired) electrons. The molecule has 2 nitrogen and oxygen atoms in total. The molecule has 2 aromatic rings. The van der Waals surface area contributed by atoms with Crippen LogP contribution in [0.1, 0.15) is 75.3 Å². The zero-order valence-corrected chi connectivity index (χ0v) is 20.0. The van der Waals surface area contributed by atoms with Gasteiger partial charge in [-0.3, -0.25) is 9.98 Å². The second kappa shape index (κ2) is 6.31. The van der Waals surface area contributed by atoms with Crippen LogP contribution in [0.25, 0.3) is 0 Å². The fourth-order valence-corrected chi connectivity index (χ4v) is 10.9. The average molecular weight is 447 g/mol. The number of nitrogens with zero attached hydrogens (tertiary/aromatic N) is 2. The Bertz CT molecular complexity index is 1160. The van der Waals surface area contributed by atoms with E-state index in [-0.39, 0.29) is 0 Å². The zero-order valence-electron chi connectivity index (χ0n) is 20.0. The van der Waals surface area contributed by atoms with Gasteiger partial charge in [0.05, 0.1) is 11.4 Å². The van der Waals surface area contributed by atoms with Crippen LogP contribution in [0.5, 0.6) is 0 Å². The number of para-hydroxylation sites is 2. The van der Waals surface area contributed by atoms with Gasteiger partial charge in [-0.05, 0) is 123 Å². The van der Waals surface area contributed by atoms with Gasteiger partial charge in [-0.15, -0.1) is 0 Å². The molecular weight excluding hydrogens is 412 g/mol. The Kier molecular flexibility index (Phi) is 3.53. The number of hydrogen-bond donors (Lipinski definition) is 0. The molecular formula is C32H34N2. The first-order valence-corrected chi connectivity index (χ1v) is 14.1. The van der Waals surface area contributed by atoms with Gasteiger partial charge in [-0.1, -0.05) is 36.4 Å². The van der Waals surface area contributed by atoms with E-state index in [4.69, 9.17) is 9.98 Å². The summed E-state index contributed by atoms with van der Waals surface area (Å²) in [5.74, 6) is 5.65. The second-order valence-corrected chi connectivity index (χ2v) is 13.3. The van der Waals surface area contributed by atoms with Crippen LogP contribution in [0, 0.1) is 35.5 Å². The van der Waals surface area contributed by atoms with E-state index in [2.05, 4.69) is 48.5 Å². The van der Waals surface area contributed by atoms with Crippen molar-refractivity contribution in [3.05, 3.63) is 59.7 Å². The summed E-state index contributed by atoms with van der Waals surface area (Å²) in [6.45, 7) is 0. The Morgan fingerprint density at radius 2 is 0.882 bits per heavy atom. The minimum absolute atomic E-state index is 0.394. The van der Waals surface area contributed by atoms with Crippen LogP contribution in [-0.2, 0) is 10.8 Å². The molecule has 2 heterocycles. The number of fused-ring (bicyclic) bond motifs is 2. The van der Waals surface area contributed by atoms with Gasteiger partial charge in [0.15, 0.2) is 0 Å². The van der Waals surface area contributed by atoms with E-state index < -0.39 is 0 Å². The highest BCUT2D eigenvalue weighted by atomic mass is 14.9. The van der Waals surface area contributed by atoms with Gasteiger partial charge in [-0.25, -0.2) is 0 Å². The summed E-state index contributed by atoms with van der Waals surface area (Å²) in [4.78, 5) is 10.0. The van der Waals surface area contributed by atoms with Crippen molar-refractivity contribution in [1.29, 1.82) is 0 Å². The molecule has 8 saturated carbocycles. The molecule has 0 N–H and O–H groups in total. The Labute approximate surface area is 203 Å². The molecule has 8 aliphatic carbocycles. The van der Waals surface area contributed by atoms with Crippen molar-refractivity contribution in [3.63, 3.8) is 0 Å². The van der Waals surface area contributed by atoms with Gasteiger partial charge in [0.2, 0.25) is 0 Å². The fourth-order valence-electron chi connectivity index (χ4n) is 10.9. The van der Waals surface area contributed by atoms with E-state index in [9.17, 15) is 0 Å². The maximum atomic E-state index is 5.02. The third-order valence-corrected chi connectivity index (χ3v) is 11.4. The summed E-state index contributed by atoms with van der Waals surface area (Å²) in [6, 6.07) is 17.8. The summed E-state index contributed by atoms with van der Waals surface area (Å²) < 4.78 is 0. The molecule has 2 aromatic carbocycles. The van der Waals surface area contributed by atoms with Gasteiger partial charge in [0, 0.05) is 22.3 Å². The van der Waals surface area contributed by atoms with Gasteiger partial charge in [0.25, 0.3) is 0 Å². The average Bonchev–Trinajstić information content (AvgIpc) is 3.33. The molecule has 4 unspecified atom stereocenters. The molecule has 8 bridgehead atoms. The monoisotopic (exact) mass is 446 g/mol. The normalized spacial score (nSPS) is 44.5. The van der Waals surface area contributed by atoms with Crippen molar-refractivity contribution in [2.24, 2.45) is 45.5 Å². The van der Waals surface area contributed by atoms with Gasteiger partial charge >= 0.3 is 0 Å². The lowest BCUT2D eigenvalue weighted by Gasteiger charge is -2.56. The molecule has 0 saturated heterocycles. The maximum absolute atomic E-state index is 5.02. The van der Waals surface area contributed by atoms with E-state index in [1.165, 1.54) is 75.6 Å². The molecule has 0 amide bonds. The Morgan fingerprint density at radius 1 is 0.500 bits per heavy atom. The lowest BCUT2D eigenvalue weighted by molar-refractivity contribution is 0.0901. The first-order valence-electron chi connectivity index (χ1n) is 14.1. The SMILES string of the molecule is c1ccc2c(c1)N=C1C3C[C@@H]4C[C@H](C3)CC12C4.c1ccc2c(c1)N=C1C3C[C@@H]4C[C@H](C3)CC12C4. The molecule has 0 aromatic heterocycles. The Balaban J connectivity index is 0.000000104. The summed E-state index contributed by atoms with van der Waals surface area (Å²) in [5.41, 5.74) is 9.64. The largest absolute Gasteiger partial charge is 0.256 e. The lowest BCUT2D eigenvalue weighted by Crippen LogP contribution is -2.54. The van der Waals surface area contributed by atoms with Crippen molar-refractivity contribution >= 4 is 22.8 Å².